The van der Waals surface area contributed by atoms with E-state index in [1.807, 2.05) is 24.4 Å². The Morgan fingerprint density at radius 1 is 1.21 bits per heavy atom. The maximum atomic E-state index is 12.5. The van der Waals surface area contributed by atoms with Crippen LogP contribution in [0.25, 0.3) is 10.8 Å². The lowest BCUT2D eigenvalue weighted by atomic mass is 10.1. The predicted octanol–water partition coefficient (Wildman–Crippen LogP) is 3.40. The van der Waals surface area contributed by atoms with Gasteiger partial charge in [-0.3, -0.25) is 19.3 Å². The Labute approximate surface area is 170 Å². The molecule has 0 aliphatic carbocycles. The molecule has 3 heterocycles. The average Bonchev–Trinajstić information content (AvgIpc) is 3.42. The van der Waals surface area contributed by atoms with Crippen molar-refractivity contribution in [2.75, 3.05) is 6.54 Å². The summed E-state index contributed by atoms with van der Waals surface area (Å²) in [6.45, 7) is 3.41. The lowest BCUT2D eigenvalue weighted by Gasteiger charge is -2.14. The first-order valence-corrected chi connectivity index (χ1v) is 9.85. The van der Waals surface area contributed by atoms with Crippen LogP contribution in [0.3, 0.4) is 0 Å². The molecule has 0 radical (unpaired) electrons. The number of rotatable bonds is 6. The summed E-state index contributed by atoms with van der Waals surface area (Å²) in [5.41, 5.74) is 1.61. The van der Waals surface area contributed by atoms with E-state index in [1.165, 1.54) is 11.3 Å². The van der Waals surface area contributed by atoms with Crippen molar-refractivity contribution >= 4 is 29.1 Å². The molecule has 1 aliphatic rings. The van der Waals surface area contributed by atoms with E-state index in [4.69, 9.17) is 9.15 Å². The summed E-state index contributed by atoms with van der Waals surface area (Å²) in [4.78, 5) is 39.0. The summed E-state index contributed by atoms with van der Waals surface area (Å²) < 4.78 is 10.9. The van der Waals surface area contributed by atoms with Gasteiger partial charge in [0.05, 0.1) is 22.4 Å². The molecule has 8 nitrogen and oxygen atoms in total. The molecule has 0 bridgehead atoms. The zero-order valence-corrected chi connectivity index (χ0v) is 16.6. The second kappa shape index (κ2) is 7.59. The fourth-order valence-corrected chi connectivity index (χ4v) is 3.66. The molecule has 2 aromatic heterocycles. The Morgan fingerprint density at radius 2 is 2.00 bits per heavy atom. The molecule has 2 amide bonds. The number of nitrogens with zero attached hydrogens (tertiary/aromatic N) is 3. The first-order chi connectivity index (χ1) is 13.9. The van der Waals surface area contributed by atoms with Crippen molar-refractivity contribution in [3.8, 4) is 10.8 Å². The minimum Gasteiger partial charge on any atom is -0.453 e. The molecule has 0 spiro atoms. The number of fused-ring (bicyclic) bond motifs is 1. The molecule has 9 heteroatoms. The lowest BCUT2D eigenvalue weighted by Crippen LogP contribution is -2.32. The highest BCUT2D eigenvalue weighted by molar-refractivity contribution is 7.13. The van der Waals surface area contributed by atoms with Crippen LogP contribution in [0.4, 0.5) is 0 Å². The zero-order chi connectivity index (χ0) is 20.5. The van der Waals surface area contributed by atoms with Crippen molar-refractivity contribution in [1.29, 1.82) is 0 Å². The fraction of sp³-hybridized carbons (Fsp3) is 0.250. The number of aryl methyl sites for hydroxylation is 1. The first-order valence-electron chi connectivity index (χ1n) is 8.97. The second-order valence-electron chi connectivity index (χ2n) is 6.62. The third kappa shape index (κ3) is 3.68. The van der Waals surface area contributed by atoms with E-state index in [2.05, 4.69) is 10.2 Å². The van der Waals surface area contributed by atoms with Gasteiger partial charge in [-0.05, 0) is 37.4 Å². The van der Waals surface area contributed by atoms with Crippen molar-refractivity contribution < 1.29 is 23.5 Å². The standard InChI is InChI=1S/C20H17N3O5S/c1-11-5-6-13-14(10-11)20(26)23(19(13)25)8-7-16(24)27-12(2)17-21-22-18(28-17)15-4-3-9-29-15/h3-6,9-10,12H,7-8H2,1-2H3. The van der Waals surface area contributed by atoms with E-state index in [1.54, 1.807) is 25.1 Å². The van der Waals surface area contributed by atoms with Gasteiger partial charge in [-0.25, -0.2) is 0 Å². The molecular weight excluding hydrogens is 394 g/mol. The third-order valence-electron chi connectivity index (χ3n) is 4.49. The summed E-state index contributed by atoms with van der Waals surface area (Å²) in [6, 6.07) is 8.80. The molecule has 1 aromatic carbocycles. The predicted molar refractivity (Wildman–Crippen MR) is 103 cm³/mol. The van der Waals surface area contributed by atoms with Crippen LogP contribution >= 0.6 is 11.3 Å². The molecule has 0 saturated carbocycles. The number of benzene rings is 1. The van der Waals surface area contributed by atoms with Gasteiger partial charge in [-0.15, -0.1) is 21.5 Å². The Hall–Kier alpha value is -3.33. The normalized spacial score (nSPS) is 14.2. The SMILES string of the molecule is Cc1ccc2c(c1)C(=O)N(CCC(=O)OC(C)c1nnc(-c3cccs3)o1)C2=O. The molecule has 1 atom stereocenters. The van der Waals surface area contributed by atoms with Crippen LogP contribution in [-0.2, 0) is 9.53 Å². The minimum absolute atomic E-state index is 0.0543. The van der Waals surface area contributed by atoms with Crippen molar-refractivity contribution in [3.05, 3.63) is 58.3 Å². The number of thiophene rings is 1. The van der Waals surface area contributed by atoms with Gasteiger partial charge in [0.25, 0.3) is 23.6 Å². The van der Waals surface area contributed by atoms with Gasteiger partial charge in [-0.1, -0.05) is 17.7 Å². The highest BCUT2D eigenvalue weighted by atomic mass is 32.1. The first kappa shape index (κ1) is 19.0. The molecule has 3 aromatic rings. The quantitative estimate of drug-likeness (QED) is 0.452. The highest BCUT2D eigenvalue weighted by Crippen LogP contribution is 2.27. The molecule has 148 valence electrons. The van der Waals surface area contributed by atoms with Crippen LogP contribution in [-0.4, -0.2) is 39.4 Å². The van der Waals surface area contributed by atoms with Crippen LogP contribution in [0.15, 0.2) is 40.1 Å². The fourth-order valence-electron chi connectivity index (χ4n) is 3.02. The van der Waals surface area contributed by atoms with Gasteiger partial charge in [0, 0.05) is 6.54 Å². The number of hydrogen-bond donors (Lipinski definition) is 0. The third-order valence-corrected chi connectivity index (χ3v) is 5.35. The Bertz CT molecular complexity index is 1090. The van der Waals surface area contributed by atoms with Crippen LogP contribution in [0.5, 0.6) is 0 Å². The van der Waals surface area contributed by atoms with Crippen molar-refractivity contribution in [1.82, 2.24) is 15.1 Å². The Balaban J connectivity index is 1.35. The Morgan fingerprint density at radius 3 is 2.76 bits per heavy atom. The Kier molecular flexibility index (Phi) is 4.98. The number of esters is 1. The van der Waals surface area contributed by atoms with E-state index in [9.17, 15) is 14.4 Å². The summed E-state index contributed by atoms with van der Waals surface area (Å²) >= 11 is 1.46. The number of carbonyl (C=O) groups excluding carboxylic acids is 3. The topological polar surface area (TPSA) is 103 Å². The maximum Gasteiger partial charge on any atom is 0.308 e. The van der Waals surface area contributed by atoms with Gasteiger partial charge in [0.15, 0.2) is 6.10 Å². The number of hydrogen-bond acceptors (Lipinski definition) is 8. The van der Waals surface area contributed by atoms with Gasteiger partial charge in [-0.2, -0.15) is 0 Å². The van der Waals surface area contributed by atoms with Crippen molar-refractivity contribution in [2.24, 2.45) is 0 Å². The molecule has 0 saturated heterocycles. The summed E-state index contributed by atoms with van der Waals surface area (Å²) in [6.07, 6.45) is -0.866. The minimum atomic E-state index is -0.742. The van der Waals surface area contributed by atoms with Crippen LogP contribution in [0.1, 0.15) is 51.6 Å². The number of carbonyl (C=O) groups is 3. The molecule has 29 heavy (non-hydrogen) atoms. The van der Waals surface area contributed by atoms with Gasteiger partial charge in [0.1, 0.15) is 0 Å². The molecule has 4 rings (SSSR count). The lowest BCUT2D eigenvalue weighted by molar-refractivity contribution is -0.149. The summed E-state index contributed by atoms with van der Waals surface area (Å²) in [7, 11) is 0. The van der Waals surface area contributed by atoms with E-state index in [0.29, 0.717) is 17.0 Å². The zero-order valence-electron chi connectivity index (χ0n) is 15.7. The van der Waals surface area contributed by atoms with Crippen LogP contribution in [0.2, 0.25) is 0 Å². The monoisotopic (exact) mass is 411 g/mol. The highest BCUT2D eigenvalue weighted by Gasteiger charge is 2.35. The van der Waals surface area contributed by atoms with E-state index < -0.39 is 23.9 Å². The number of imide groups is 1. The van der Waals surface area contributed by atoms with Crippen LogP contribution < -0.4 is 0 Å². The van der Waals surface area contributed by atoms with Gasteiger partial charge >= 0.3 is 5.97 Å². The summed E-state index contributed by atoms with van der Waals surface area (Å²) in [5, 5.41) is 9.76. The van der Waals surface area contributed by atoms with Gasteiger partial charge in [0.2, 0.25) is 0 Å². The summed E-state index contributed by atoms with van der Waals surface area (Å²) in [5.74, 6) is -0.825. The van der Waals surface area contributed by atoms with E-state index >= 15 is 0 Å². The number of ether oxygens (including phenoxy) is 1. The van der Waals surface area contributed by atoms with E-state index in [-0.39, 0.29) is 18.9 Å². The molecule has 1 unspecified atom stereocenters. The maximum absolute atomic E-state index is 12.5. The average molecular weight is 411 g/mol. The largest absolute Gasteiger partial charge is 0.453 e. The van der Waals surface area contributed by atoms with Gasteiger partial charge < -0.3 is 9.15 Å². The van der Waals surface area contributed by atoms with E-state index in [0.717, 1.165) is 15.3 Å². The molecule has 0 fully saturated rings. The number of amides is 2. The smallest absolute Gasteiger partial charge is 0.308 e. The molecular formula is C20H17N3O5S. The van der Waals surface area contributed by atoms with Crippen molar-refractivity contribution in [3.63, 3.8) is 0 Å². The van der Waals surface area contributed by atoms with Crippen LogP contribution in [0, 0.1) is 6.92 Å². The van der Waals surface area contributed by atoms with Crippen molar-refractivity contribution in [2.45, 2.75) is 26.4 Å². The number of aromatic nitrogens is 2. The molecule has 1 aliphatic heterocycles. The molecule has 0 N–H and O–H groups in total. The second-order valence-corrected chi connectivity index (χ2v) is 7.56.